The Balaban J connectivity index is 1.96. The van der Waals surface area contributed by atoms with Gasteiger partial charge in [-0.1, -0.05) is 35.9 Å². The number of carbonyl (C=O) groups is 2. The molecule has 2 aromatic carbocycles. The lowest BCUT2D eigenvalue weighted by atomic mass is 10.1. The fourth-order valence-corrected chi connectivity index (χ4v) is 3.05. The molecule has 2 aromatic rings. The molecular weight excluding hydrogens is 360 g/mol. The topological polar surface area (TPSA) is 67.4 Å². The second kappa shape index (κ2) is 10.6. The van der Waals surface area contributed by atoms with Gasteiger partial charge in [-0.15, -0.1) is 0 Å². The number of rotatable bonds is 9. The fourth-order valence-electron chi connectivity index (χ4n) is 2.58. The molecule has 1 atom stereocenters. The van der Waals surface area contributed by atoms with Crippen LogP contribution in [0.5, 0.6) is 5.75 Å². The van der Waals surface area contributed by atoms with Crippen LogP contribution < -0.4 is 15.4 Å². The molecule has 144 valence electrons. The highest BCUT2D eigenvalue weighted by molar-refractivity contribution is 7.98. The third kappa shape index (κ3) is 6.98. The number of aryl methyl sites for hydroxylation is 2. The number of anilines is 1. The highest BCUT2D eigenvalue weighted by atomic mass is 32.2. The summed E-state index contributed by atoms with van der Waals surface area (Å²) in [5, 5.41) is 5.71. The van der Waals surface area contributed by atoms with Gasteiger partial charge >= 0.3 is 0 Å². The number of thioether (sulfide) groups is 1. The van der Waals surface area contributed by atoms with Crippen molar-refractivity contribution in [1.29, 1.82) is 0 Å². The number of amides is 2. The Morgan fingerprint density at radius 1 is 1.11 bits per heavy atom. The highest BCUT2D eigenvalue weighted by Crippen LogP contribution is 2.17. The molecular formula is C21H26N2O3S. The van der Waals surface area contributed by atoms with Crippen molar-refractivity contribution in [3.8, 4) is 5.75 Å². The van der Waals surface area contributed by atoms with Gasteiger partial charge in [-0.05, 0) is 56.0 Å². The zero-order valence-corrected chi connectivity index (χ0v) is 16.8. The Kier molecular flexibility index (Phi) is 8.20. The molecule has 0 heterocycles. The molecule has 0 bridgehead atoms. The zero-order chi connectivity index (χ0) is 19.6. The van der Waals surface area contributed by atoms with Gasteiger partial charge in [0.15, 0.2) is 6.61 Å². The molecule has 2 amide bonds. The second-order valence-corrected chi connectivity index (χ2v) is 7.30. The minimum atomic E-state index is -0.606. The average molecular weight is 387 g/mol. The van der Waals surface area contributed by atoms with E-state index in [0.29, 0.717) is 12.2 Å². The predicted octanol–water partition coefficient (Wildman–Crippen LogP) is 3.56. The fraction of sp³-hybridized carbons (Fsp3) is 0.333. The first-order chi connectivity index (χ1) is 13.0. The normalized spacial score (nSPS) is 11.5. The summed E-state index contributed by atoms with van der Waals surface area (Å²) in [5.74, 6) is 0.850. The summed E-state index contributed by atoms with van der Waals surface area (Å²) >= 11 is 1.63. The first-order valence-electron chi connectivity index (χ1n) is 8.84. The van der Waals surface area contributed by atoms with Gasteiger partial charge in [0.2, 0.25) is 5.91 Å². The molecule has 0 aliphatic rings. The number of para-hydroxylation sites is 1. The maximum Gasteiger partial charge on any atom is 0.258 e. The average Bonchev–Trinajstić information content (AvgIpc) is 2.66. The summed E-state index contributed by atoms with van der Waals surface area (Å²) in [7, 11) is 0. The SMILES string of the molecule is CSCCC(NC(=O)COc1ccccc1)C(=O)Nc1ccc(C)cc1C. The molecule has 0 saturated heterocycles. The molecule has 0 aliphatic carbocycles. The molecule has 2 rings (SSSR count). The van der Waals surface area contributed by atoms with Gasteiger partial charge in [0.05, 0.1) is 0 Å². The molecule has 0 radical (unpaired) electrons. The lowest BCUT2D eigenvalue weighted by Gasteiger charge is -2.19. The van der Waals surface area contributed by atoms with E-state index in [4.69, 9.17) is 4.74 Å². The first kappa shape index (κ1) is 20.8. The van der Waals surface area contributed by atoms with Gasteiger partial charge < -0.3 is 15.4 Å². The van der Waals surface area contributed by atoms with E-state index in [1.165, 1.54) is 0 Å². The molecule has 5 nitrogen and oxygen atoms in total. The third-order valence-corrected chi connectivity index (χ3v) is 4.66. The van der Waals surface area contributed by atoms with E-state index < -0.39 is 6.04 Å². The highest BCUT2D eigenvalue weighted by Gasteiger charge is 2.21. The van der Waals surface area contributed by atoms with Gasteiger partial charge in [0.1, 0.15) is 11.8 Å². The monoisotopic (exact) mass is 386 g/mol. The van der Waals surface area contributed by atoms with Crippen LogP contribution in [0.3, 0.4) is 0 Å². The van der Waals surface area contributed by atoms with Gasteiger partial charge in [0, 0.05) is 5.69 Å². The molecule has 6 heteroatoms. The van der Waals surface area contributed by atoms with E-state index >= 15 is 0 Å². The van der Waals surface area contributed by atoms with Crippen molar-refractivity contribution in [2.45, 2.75) is 26.3 Å². The van der Waals surface area contributed by atoms with Crippen LogP contribution in [0, 0.1) is 13.8 Å². The Hall–Kier alpha value is -2.47. The number of benzene rings is 2. The van der Waals surface area contributed by atoms with E-state index in [1.54, 1.807) is 23.9 Å². The molecule has 27 heavy (non-hydrogen) atoms. The van der Waals surface area contributed by atoms with Gasteiger partial charge in [-0.2, -0.15) is 11.8 Å². The Morgan fingerprint density at radius 3 is 2.52 bits per heavy atom. The number of carbonyl (C=O) groups excluding carboxylic acids is 2. The van der Waals surface area contributed by atoms with Gasteiger partial charge in [0.25, 0.3) is 5.91 Å². The Labute approximate surface area is 164 Å². The number of hydrogen-bond donors (Lipinski definition) is 2. The predicted molar refractivity (Wildman–Crippen MR) is 111 cm³/mol. The number of hydrogen-bond acceptors (Lipinski definition) is 4. The first-order valence-corrected chi connectivity index (χ1v) is 10.2. The summed E-state index contributed by atoms with van der Waals surface area (Å²) in [4.78, 5) is 24.9. The van der Waals surface area contributed by atoms with Crippen LogP contribution in [0.25, 0.3) is 0 Å². The van der Waals surface area contributed by atoms with Crippen molar-refractivity contribution in [2.75, 3.05) is 23.9 Å². The van der Waals surface area contributed by atoms with Crippen LogP contribution in [-0.4, -0.2) is 36.5 Å². The standard InChI is InChI=1S/C21H26N2O3S/c1-15-9-10-18(16(2)13-15)23-21(25)19(11-12-27-3)22-20(24)14-26-17-7-5-4-6-8-17/h4-10,13,19H,11-12,14H2,1-3H3,(H,22,24)(H,23,25). The molecule has 0 saturated carbocycles. The molecule has 0 aromatic heterocycles. The lowest BCUT2D eigenvalue weighted by Crippen LogP contribution is -2.46. The van der Waals surface area contributed by atoms with E-state index in [9.17, 15) is 9.59 Å². The summed E-state index contributed by atoms with van der Waals surface area (Å²) in [6.45, 7) is 3.83. The minimum absolute atomic E-state index is 0.128. The van der Waals surface area contributed by atoms with E-state index in [-0.39, 0.29) is 18.4 Å². The molecule has 0 aliphatic heterocycles. The lowest BCUT2D eigenvalue weighted by molar-refractivity contribution is -0.127. The smallest absolute Gasteiger partial charge is 0.258 e. The molecule has 0 spiro atoms. The van der Waals surface area contributed by atoms with Crippen LogP contribution in [0.2, 0.25) is 0 Å². The number of nitrogens with one attached hydrogen (secondary N) is 2. The van der Waals surface area contributed by atoms with Gasteiger partial charge in [-0.25, -0.2) is 0 Å². The maximum absolute atomic E-state index is 12.7. The largest absolute Gasteiger partial charge is 0.484 e. The van der Waals surface area contributed by atoms with Crippen molar-refractivity contribution in [2.24, 2.45) is 0 Å². The van der Waals surface area contributed by atoms with Crippen LogP contribution in [0.4, 0.5) is 5.69 Å². The van der Waals surface area contributed by atoms with Crippen LogP contribution in [-0.2, 0) is 9.59 Å². The van der Waals surface area contributed by atoms with Crippen molar-refractivity contribution in [3.05, 3.63) is 59.7 Å². The maximum atomic E-state index is 12.7. The van der Waals surface area contributed by atoms with Crippen LogP contribution in [0.15, 0.2) is 48.5 Å². The van der Waals surface area contributed by atoms with E-state index in [1.807, 2.05) is 56.5 Å². The molecule has 0 fully saturated rings. The summed E-state index contributed by atoms with van der Waals surface area (Å²) in [6, 6.07) is 14.4. The number of ether oxygens (including phenoxy) is 1. The third-order valence-electron chi connectivity index (χ3n) is 4.02. The van der Waals surface area contributed by atoms with Crippen molar-refractivity contribution in [3.63, 3.8) is 0 Å². The quantitative estimate of drug-likeness (QED) is 0.691. The Morgan fingerprint density at radius 2 is 1.85 bits per heavy atom. The molecule has 2 N–H and O–H groups in total. The summed E-state index contributed by atoms with van der Waals surface area (Å²) < 4.78 is 5.45. The summed E-state index contributed by atoms with van der Waals surface area (Å²) in [5.41, 5.74) is 2.89. The van der Waals surface area contributed by atoms with E-state index in [0.717, 1.165) is 22.6 Å². The van der Waals surface area contributed by atoms with Crippen molar-refractivity contribution >= 4 is 29.3 Å². The van der Waals surface area contributed by atoms with Crippen LogP contribution >= 0.6 is 11.8 Å². The zero-order valence-electron chi connectivity index (χ0n) is 16.0. The summed E-state index contributed by atoms with van der Waals surface area (Å²) in [6.07, 6.45) is 2.52. The van der Waals surface area contributed by atoms with Crippen molar-refractivity contribution < 1.29 is 14.3 Å². The van der Waals surface area contributed by atoms with Gasteiger partial charge in [-0.3, -0.25) is 9.59 Å². The Bertz CT molecular complexity index is 765. The van der Waals surface area contributed by atoms with Crippen molar-refractivity contribution in [1.82, 2.24) is 5.32 Å². The van der Waals surface area contributed by atoms with Crippen LogP contribution in [0.1, 0.15) is 17.5 Å². The minimum Gasteiger partial charge on any atom is -0.484 e. The second-order valence-electron chi connectivity index (χ2n) is 6.31. The van der Waals surface area contributed by atoms with E-state index in [2.05, 4.69) is 10.6 Å². The molecule has 1 unspecified atom stereocenters.